The molecule has 3 aromatic rings. The van der Waals surface area contributed by atoms with Gasteiger partial charge >= 0.3 is 0 Å². The van der Waals surface area contributed by atoms with Crippen molar-refractivity contribution in [2.45, 2.75) is 12.8 Å². The Morgan fingerprint density at radius 3 is 2.71 bits per heavy atom. The number of para-hydroxylation sites is 1. The summed E-state index contributed by atoms with van der Waals surface area (Å²) in [6.45, 7) is 0.670. The number of carbonyl (C=O) groups excluding carboxylic acids is 2. The van der Waals surface area contributed by atoms with Crippen molar-refractivity contribution < 1.29 is 14.3 Å². The van der Waals surface area contributed by atoms with Crippen LogP contribution in [0.4, 0.5) is 11.4 Å². The maximum atomic E-state index is 12.5. The van der Waals surface area contributed by atoms with Crippen LogP contribution in [-0.2, 0) is 4.79 Å². The molecular weight excluding hydrogens is 358 g/mol. The second kappa shape index (κ2) is 7.51. The van der Waals surface area contributed by atoms with Gasteiger partial charge in [0.25, 0.3) is 5.91 Å². The molecule has 0 aliphatic carbocycles. The molecular formula is C20H19N5O3. The molecule has 142 valence electrons. The lowest BCUT2D eigenvalue weighted by molar-refractivity contribution is -0.117. The summed E-state index contributed by atoms with van der Waals surface area (Å²) in [7, 11) is 1.54. The van der Waals surface area contributed by atoms with Crippen LogP contribution in [0.2, 0.25) is 0 Å². The smallest absolute Gasteiger partial charge is 0.277 e. The fourth-order valence-corrected chi connectivity index (χ4v) is 3.13. The molecule has 0 spiro atoms. The molecule has 1 fully saturated rings. The quantitative estimate of drug-likeness (QED) is 0.738. The highest BCUT2D eigenvalue weighted by molar-refractivity contribution is 6.03. The predicted molar refractivity (Wildman–Crippen MR) is 104 cm³/mol. The first-order valence-corrected chi connectivity index (χ1v) is 8.93. The topological polar surface area (TPSA) is 89.3 Å². The van der Waals surface area contributed by atoms with Gasteiger partial charge < -0.3 is 15.0 Å². The van der Waals surface area contributed by atoms with E-state index >= 15 is 0 Å². The van der Waals surface area contributed by atoms with Crippen molar-refractivity contribution in [1.29, 1.82) is 0 Å². The number of ether oxygens (including phenoxy) is 1. The van der Waals surface area contributed by atoms with Gasteiger partial charge in [-0.25, -0.2) is 0 Å². The number of methoxy groups -OCH3 is 1. The highest BCUT2D eigenvalue weighted by atomic mass is 16.5. The Bertz CT molecular complexity index is 1020. The van der Waals surface area contributed by atoms with Crippen molar-refractivity contribution in [3.8, 4) is 11.4 Å². The van der Waals surface area contributed by atoms with E-state index in [0.717, 1.165) is 12.1 Å². The first kappa shape index (κ1) is 17.7. The molecule has 2 heterocycles. The Hall–Kier alpha value is -3.68. The number of carbonyl (C=O) groups is 2. The highest BCUT2D eigenvalue weighted by Gasteiger charge is 2.24. The minimum Gasteiger partial charge on any atom is -0.494 e. The summed E-state index contributed by atoms with van der Waals surface area (Å²) in [4.78, 5) is 27.6. The van der Waals surface area contributed by atoms with Crippen LogP contribution in [0.3, 0.4) is 0 Å². The second-order valence-corrected chi connectivity index (χ2v) is 6.34. The van der Waals surface area contributed by atoms with Crippen molar-refractivity contribution in [3.63, 3.8) is 0 Å². The van der Waals surface area contributed by atoms with E-state index in [4.69, 9.17) is 4.74 Å². The number of nitrogens with zero attached hydrogens (tertiary/aromatic N) is 4. The molecule has 1 aliphatic rings. The zero-order valence-electron chi connectivity index (χ0n) is 15.3. The minimum absolute atomic E-state index is 0.0765. The van der Waals surface area contributed by atoms with Gasteiger partial charge in [0.2, 0.25) is 5.91 Å². The summed E-state index contributed by atoms with van der Waals surface area (Å²) in [5, 5.41) is 11.1. The van der Waals surface area contributed by atoms with E-state index in [1.807, 2.05) is 30.3 Å². The third-order valence-electron chi connectivity index (χ3n) is 4.51. The maximum absolute atomic E-state index is 12.5. The van der Waals surface area contributed by atoms with Gasteiger partial charge in [-0.15, -0.1) is 5.10 Å². The number of benzene rings is 2. The number of aromatic nitrogens is 3. The van der Waals surface area contributed by atoms with Gasteiger partial charge in [0, 0.05) is 24.7 Å². The second-order valence-electron chi connectivity index (χ2n) is 6.34. The van der Waals surface area contributed by atoms with Crippen LogP contribution < -0.4 is 15.0 Å². The predicted octanol–water partition coefficient (Wildman–Crippen LogP) is 2.66. The van der Waals surface area contributed by atoms with Gasteiger partial charge in [0.1, 0.15) is 5.75 Å². The molecule has 0 radical (unpaired) electrons. The average Bonchev–Trinajstić information content (AvgIpc) is 3.38. The molecule has 8 nitrogen and oxygen atoms in total. The van der Waals surface area contributed by atoms with Crippen molar-refractivity contribution in [2.24, 2.45) is 0 Å². The van der Waals surface area contributed by atoms with Crippen LogP contribution in [-0.4, -0.2) is 40.5 Å². The van der Waals surface area contributed by atoms with E-state index in [1.54, 1.807) is 23.1 Å². The highest BCUT2D eigenvalue weighted by Crippen LogP contribution is 2.33. The molecule has 0 unspecified atom stereocenters. The summed E-state index contributed by atoms with van der Waals surface area (Å²) in [6.07, 6.45) is 2.78. The van der Waals surface area contributed by atoms with Gasteiger partial charge in [0.05, 0.1) is 24.7 Å². The molecule has 0 bridgehead atoms. The molecule has 1 aliphatic heterocycles. The molecule has 28 heavy (non-hydrogen) atoms. The molecule has 2 aromatic carbocycles. The van der Waals surface area contributed by atoms with Crippen molar-refractivity contribution in [2.75, 3.05) is 23.9 Å². The van der Waals surface area contributed by atoms with Gasteiger partial charge in [-0.2, -0.15) is 9.90 Å². The molecule has 1 aromatic heterocycles. The summed E-state index contributed by atoms with van der Waals surface area (Å²) in [6, 6.07) is 14.6. The largest absolute Gasteiger partial charge is 0.494 e. The maximum Gasteiger partial charge on any atom is 0.277 e. The summed E-state index contributed by atoms with van der Waals surface area (Å²) >= 11 is 0. The number of hydrogen-bond donors (Lipinski definition) is 1. The molecule has 0 saturated carbocycles. The van der Waals surface area contributed by atoms with Crippen LogP contribution in [0.1, 0.15) is 23.3 Å². The molecule has 1 saturated heterocycles. The van der Waals surface area contributed by atoms with Crippen LogP contribution in [0.25, 0.3) is 5.69 Å². The van der Waals surface area contributed by atoms with Crippen LogP contribution in [0.5, 0.6) is 5.75 Å². The minimum atomic E-state index is -0.380. The lowest BCUT2D eigenvalue weighted by Crippen LogP contribution is -2.24. The first-order valence-electron chi connectivity index (χ1n) is 8.93. The summed E-state index contributed by atoms with van der Waals surface area (Å²) < 4.78 is 5.42. The molecule has 4 rings (SSSR count). The van der Waals surface area contributed by atoms with Crippen molar-refractivity contribution >= 4 is 23.2 Å². The number of hydrogen-bond acceptors (Lipinski definition) is 5. The molecule has 1 N–H and O–H groups in total. The standard InChI is InChI=1S/C20H19N5O3/c1-28-18-12-14(9-10-17(18)24-11-5-8-19(24)26)22-20(27)16-13-21-25(23-16)15-6-3-2-4-7-15/h2-4,6-7,9-10,12-13H,5,8,11H2,1H3,(H,22,27). The van der Waals surface area contributed by atoms with E-state index < -0.39 is 0 Å². The lowest BCUT2D eigenvalue weighted by atomic mass is 10.2. The Kier molecular flexibility index (Phi) is 4.76. The Morgan fingerprint density at radius 1 is 1.18 bits per heavy atom. The zero-order chi connectivity index (χ0) is 19.5. The van der Waals surface area contributed by atoms with Gasteiger partial charge in [0.15, 0.2) is 5.69 Å². The van der Waals surface area contributed by atoms with Gasteiger partial charge in [-0.05, 0) is 30.7 Å². The van der Waals surface area contributed by atoms with E-state index in [9.17, 15) is 9.59 Å². The number of anilines is 2. The van der Waals surface area contributed by atoms with E-state index in [0.29, 0.717) is 30.1 Å². The van der Waals surface area contributed by atoms with Crippen LogP contribution >= 0.6 is 0 Å². The van der Waals surface area contributed by atoms with Gasteiger partial charge in [-0.3, -0.25) is 9.59 Å². The number of amides is 2. The Morgan fingerprint density at radius 2 is 2.00 bits per heavy atom. The number of rotatable bonds is 5. The van der Waals surface area contributed by atoms with Crippen LogP contribution in [0, 0.1) is 0 Å². The average molecular weight is 377 g/mol. The molecule has 2 amide bonds. The fraction of sp³-hybridized carbons (Fsp3) is 0.200. The third kappa shape index (κ3) is 3.44. The fourth-order valence-electron chi connectivity index (χ4n) is 3.13. The Balaban J connectivity index is 1.52. The first-order chi connectivity index (χ1) is 13.7. The monoisotopic (exact) mass is 377 g/mol. The van der Waals surface area contributed by atoms with E-state index in [2.05, 4.69) is 15.5 Å². The summed E-state index contributed by atoms with van der Waals surface area (Å²) in [5.41, 5.74) is 2.22. The normalized spacial score (nSPS) is 13.6. The molecule has 0 atom stereocenters. The van der Waals surface area contributed by atoms with Crippen molar-refractivity contribution in [3.05, 3.63) is 60.4 Å². The SMILES string of the molecule is COc1cc(NC(=O)c2cnn(-c3ccccc3)n2)ccc1N1CCCC1=O. The van der Waals surface area contributed by atoms with E-state index in [1.165, 1.54) is 18.1 Å². The zero-order valence-corrected chi connectivity index (χ0v) is 15.3. The lowest BCUT2D eigenvalue weighted by Gasteiger charge is -2.19. The molecule has 8 heteroatoms. The third-order valence-corrected chi connectivity index (χ3v) is 4.51. The van der Waals surface area contributed by atoms with Crippen molar-refractivity contribution in [1.82, 2.24) is 15.0 Å². The number of nitrogens with one attached hydrogen (secondary N) is 1. The van der Waals surface area contributed by atoms with Gasteiger partial charge in [-0.1, -0.05) is 18.2 Å². The Labute approximate surface area is 161 Å². The van der Waals surface area contributed by atoms with E-state index in [-0.39, 0.29) is 17.5 Å². The summed E-state index contributed by atoms with van der Waals surface area (Å²) in [5.74, 6) is 0.225. The van der Waals surface area contributed by atoms with Crippen LogP contribution in [0.15, 0.2) is 54.7 Å².